The van der Waals surface area contributed by atoms with Gasteiger partial charge < -0.3 is 10.6 Å². The van der Waals surface area contributed by atoms with Crippen LogP contribution in [0.3, 0.4) is 0 Å². The summed E-state index contributed by atoms with van der Waals surface area (Å²) >= 11 is 0. The molecular formula is C17H27IN4O2S. The van der Waals surface area contributed by atoms with Crippen molar-refractivity contribution in [1.29, 1.82) is 0 Å². The minimum absolute atomic E-state index is 0. The molecule has 0 unspecified atom stereocenters. The first-order valence-corrected chi connectivity index (χ1v) is 9.62. The fraction of sp³-hybridized carbons (Fsp3) is 0.471. The maximum Gasteiger partial charge on any atom is 0.243 e. The molecule has 1 aliphatic rings. The highest BCUT2D eigenvalue weighted by Crippen LogP contribution is 2.23. The first-order valence-electron chi connectivity index (χ1n) is 8.18. The molecule has 0 aliphatic carbocycles. The number of nitrogens with zero attached hydrogens (tertiary/aromatic N) is 2. The van der Waals surface area contributed by atoms with Crippen LogP contribution in [0.4, 0.5) is 0 Å². The molecule has 1 heterocycles. The molecule has 0 amide bonds. The third-order valence-electron chi connectivity index (χ3n) is 4.15. The molecule has 140 valence electrons. The molecule has 0 spiro atoms. The van der Waals surface area contributed by atoms with Crippen molar-refractivity contribution in [3.8, 4) is 0 Å². The van der Waals surface area contributed by atoms with Crippen LogP contribution < -0.4 is 10.6 Å². The molecule has 1 aromatic rings. The summed E-state index contributed by atoms with van der Waals surface area (Å²) in [6, 6.07) is 8.64. The van der Waals surface area contributed by atoms with Gasteiger partial charge >= 0.3 is 0 Å². The van der Waals surface area contributed by atoms with E-state index in [4.69, 9.17) is 0 Å². The molecule has 2 rings (SSSR count). The van der Waals surface area contributed by atoms with E-state index in [0.29, 0.717) is 30.4 Å². The minimum atomic E-state index is -3.37. The lowest BCUT2D eigenvalue weighted by Gasteiger charge is -2.31. The largest absolute Gasteiger partial charge is 0.356 e. The molecule has 0 saturated carbocycles. The average molecular weight is 478 g/mol. The van der Waals surface area contributed by atoms with E-state index in [-0.39, 0.29) is 24.0 Å². The van der Waals surface area contributed by atoms with E-state index in [0.717, 1.165) is 25.3 Å². The van der Waals surface area contributed by atoms with Crippen molar-refractivity contribution >= 4 is 40.0 Å². The monoisotopic (exact) mass is 478 g/mol. The molecule has 0 bridgehead atoms. The maximum atomic E-state index is 12.6. The molecular weight excluding hydrogens is 451 g/mol. The third kappa shape index (κ3) is 6.27. The summed E-state index contributed by atoms with van der Waals surface area (Å²) in [6.45, 7) is 6.23. The maximum absolute atomic E-state index is 12.6. The molecule has 0 radical (unpaired) electrons. The third-order valence-corrected chi connectivity index (χ3v) is 6.06. The Morgan fingerprint density at radius 3 is 2.48 bits per heavy atom. The number of nitrogens with one attached hydrogen (secondary N) is 2. The van der Waals surface area contributed by atoms with Crippen molar-refractivity contribution in [3.05, 3.63) is 43.0 Å². The first kappa shape index (κ1) is 21.9. The lowest BCUT2D eigenvalue weighted by Crippen LogP contribution is -2.44. The Bertz CT molecular complexity index is 656. The summed E-state index contributed by atoms with van der Waals surface area (Å²) in [6.07, 6.45) is 3.47. The number of hydrogen-bond acceptors (Lipinski definition) is 3. The van der Waals surface area contributed by atoms with E-state index in [1.807, 2.05) is 6.07 Å². The van der Waals surface area contributed by atoms with E-state index >= 15 is 0 Å². The molecule has 0 atom stereocenters. The number of hydrogen-bond donors (Lipinski definition) is 2. The summed E-state index contributed by atoms with van der Waals surface area (Å²) in [5.74, 6) is 1.18. The second kappa shape index (κ2) is 10.8. The van der Waals surface area contributed by atoms with Crippen molar-refractivity contribution in [2.75, 3.05) is 33.2 Å². The van der Waals surface area contributed by atoms with Crippen LogP contribution in [0.5, 0.6) is 0 Å². The normalized spacial score (nSPS) is 16.8. The summed E-state index contributed by atoms with van der Waals surface area (Å²) in [7, 11) is -1.64. The van der Waals surface area contributed by atoms with Crippen LogP contribution in [-0.4, -0.2) is 51.9 Å². The number of benzene rings is 1. The quantitative estimate of drug-likeness (QED) is 0.284. The van der Waals surface area contributed by atoms with Gasteiger partial charge in [0.25, 0.3) is 0 Å². The Balaban J connectivity index is 0.00000312. The van der Waals surface area contributed by atoms with Crippen molar-refractivity contribution in [2.24, 2.45) is 10.9 Å². The lowest BCUT2D eigenvalue weighted by molar-refractivity contribution is 0.273. The lowest BCUT2D eigenvalue weighted by atomic mass is 9.98. The smallest absolute Gasteiger partial charge is 0.243 e. The van der Waals surface area contributed by atoms with Crippen molar-refractivity contribution < 1.29 is 8.42 Å². The highest BCUT2D eigenvalue weighted by Gasteiger charge is 2.29. The van der Waals surface area contributed by atoms with Crippen LogP contribution in [0.2, 0.25) is 0 Å². The standard InChI is InChI=1S/C17H26N4O2S.HI/c1-3-11-19-17(18-2)20-14-15-9-12-21(13-10-15)24(22,23)16-7-5-4-6-8-16;/h3-8,15H,1,9-14H2,2H3,(H2,18,19,20);1H. The predicted molar refractivity (Wildman–Crippen MR) is 113 cm³/mol. The van der Waals surface area contributed by atoms with Crippen LogP contribution in [0.15, 0.2) is 52.9 Å². The van der Waals surface area contributed by atoms with E-state index in [1.165, 1.54) is 0 Å². The molecule has 6 nitrogen and oxygen atoms in total. The summed E-state index contributed by atoms with van der Waals surface area (Å²) < 4.78 is 26.8. The summed E-state index contributed by atoms with van der Waals surface area (Å²) in [5.41, 5.74) is 0. The van der Waals surface area contributed by atoms with Gasteiger partial charge in [-0.2, -0.15) is 4.31 Å². The van der Waals surface area contributed by atoms with Gasteiger partial charge in [-0.25, -0.2) is 8.42 Å². The molecule has 1 aliphatic heterocycles. The van der Waals surface area contributed by atoms with E-state index in [1.54, 1.807) is 41.7 Å². The van der Waals surface area contributed by atoms with E-state index in [2.05, 4.69) is 22.2 Å². The second-order valence-electron chi connectivity index (χ2n) is 5.78. The van der Waals surface area contributed by atoms with Crippen LogP contribution in [-0.2, 0) is 10.0 Å². The van der Waals surface area contributed by atoms with Gasteiger partial charge in [-0.15, -0.1) is 30.6 Å². The number of sulfonamides is 1. The molecule has 2 N–H and O–H groups in total. The zero-order valence-electron chi connectivity index (χ0n) is 14.5. The average Bonchev–Trinajstić information content (AvgIpc) is 2.63. The van der Waals surface area contributed by atoms with Crippen LogP contribution in [0.1, 0.15) is 12.8 Å². The number of aliphatic imine (C=N–C) groups is 1. The van der Waals surface area contributed by atoms with Gasteiger partial charge in [0, 0.05) is 33.2 Å². The SMILES string of the molecule is C=CCNC(=NC)NCC1CCN(S(=O)(=O)c2ccccc2)CC1.I. The molecule has 25 heavy (non-hydrogen) atoms. The number of rotatable bonds is 6. The Morgan fingerprint density at radius 1 is 1.28 bits per heavy atom. The van der Waals surface area contributed by atoms with Gasteiger partial charge in [0.1, 0.15) is 0 Å². The molecule has 8 heteroatoms. The summed E-state index contributed by atoms with van der Waals surface area (Å²) in [5, 5.41) is 6.41. The van der Waals surface area contributed by atoms with E-state index in [9.17, 15) is 8.42 Å². The first-order chi connectivity index (χ1) is 11.6. The fourth-order valence-corrected chi connectivity index (χ4v) is 4.22. The zero-order chi connectivity index (χ0) is 17.4. The van der Waals surface area contributed by atoms with Crippen LogP contribution >= 0.6 is 24.0 Å². The predicted octanol–water partition coefficient (Wildman–Crippen LogP) is 2.06. The van der Waals surface area contributed by atoms with Gasteiger partial charge in [0.05, 0.1) is 4.90 Å². The van der Waals surface area contributed by atoms with Gasteiger partial charge in [0.15, 0.2) is 5.96 Å². The highest BCUT2D eigenvalue weighted by molar-refractivity contribution is 14.0. The number of piperidine rings is 1. The fourth-order valence-electron chi connectivity index (χ4n) is 2.73. The second-order valence-corrected chi connectivity index (χ2v) is 7.72. The van der Waals surface area contributed by atoms with E-state index < -0.39 is 10.0 Å². The van der Waals surface area contributed by atoms with Gasteiger partial charge in [-0.05, 0) is 30.9 Å². The highest BCUT2D eigenvalue weighted by atomic mass is 127. The Morgan fingerprint density at radius 2 is 1.92 bits per heavy atom. The number of halogens is 1. The van der Waals surface area contributed by atoms with Crippen molar-refractivity contribution in [2.45, 2.75) is 17.7 Å². The van der Waals surface area contributed by atoms with Gasteiger partial charge in [0.2, 0.25) is 10.0 Å². The molecule has 0 aromatic heterocycles. The molecule has 1 aromatic carbocycles. The Hall–Kier alpha value is -1.13. The Labute approximate surface area is 167 Å². The van der Waals surface area contributed by atoms with Gasteiger partial charge in [-0.1, -0.05) is 24.3 Å². The molecule has 1 fully saturated rings. The van der Waals surface area contributed by atoms with Crippen LogP contribution in [0.25, 0.3) is 0 Å². The summed E-state index contributed by atoms with van der Waals surface area (Å²) in [4.78, 5) is 4.52. The van der Waals surface area contributed by atoms with Gasteiger partial charge in [-0.3, -0.25) is 4.99 Å². The van der Waals surface area contributed by atoms with Crippen molar-refractivity contribution in [3.63, 3.8) is 0 Å². The topological polar surface area (TPSA) is 73.8 Å². The van der Waals surface area contributed by atoms with Crippen LogP contribution in [0, 0.1) is 5.92 Å². The Kier molecular flexibility index (Phi) is 9.44. The molecule has 1 saturated heterocycles. The van der Waals surface area contributed by atoms with Crippen molar-refractivity contribution in [1.82, 2.24) is 14.9 Å². The zero-order valence-corrected chi connectivity index (χ0v) is 17.7. The minimum Gasteiger partial charge on any atom is -0.356 e. The number of guanidine groups is 1.